The van der Waals surface area contributed by atoms with E-state index >= 15 is 0 Å². The van der Waals surface area contributed by atoms with Crippen molar-refractivity contribution in [2.45, 2.75) is 25.4 Å². The third-order valence-electron chi connectivity index (χ3n) is 3.21. The first kappa shape index (κ1) is 12.9. The van der Waals surface area contributed by atoms with Crippen molar-refractivity contribution in [3.63, 3.8) is 0 Å². The van der Waals surface area contributed by atoms with Gasteiger partial charge in [0.1, 0.15) is 5.75 Å². The SMILES string of the molecule is COc1ccc(C#CCN)cc1CN(C)C1CC1. The molecule has 18 heavy (non-hydrogen) atoms. The highest BCUT2D eigenvalue weighted by Gasteiger charge is 2.26. The molecule has 1 fully saturated rings. The molecule has 0 spiro atoms. The fourth-order valence-electron chi connectivity index (χ4n) is 2.05. The Labute approximate surface area is 109 Å². The highest BCUT2D eigenvalue weighted by atomic mass is 16.5. The van der Waals surface area contributed by atoms with Crippen LogP contribution in [0.3, 0.4) is 0 Å². The molecule has 0 heterocycles. The Balaban J connectivity index is 2.18. The number of benzene rings is 1. The van der Waals surface area contributed by atoms with Gasteiger partial charge in [0.2, 0.25) is 0 Å². The van der Waals surface area contributed by atoms with Crippen LogP contribution in [0.4, 0.5) is 0 Å². The van der Waals surface area contributed by atoms with Crippen molar-refractivity contribution in [1.29, 1.82) is 0 Å². The molecule has 1 aliphatic rings. The van der Waals surface area contributed by atoms with Crippen molar-refractivity contribution in [3.05, 3.63) is 29.3 Å². The minimum absolute atomic E-state index is 0.392. The molecule has 2 rings (SSSR count). The van der Waals surface area contributed by atoms with E-state index in [-0.39, 0.29) is 0 Å². The van der Waals surface area contributed by atoms with E-state index in [2.05, 4.69) is 29.9 Å². The van der Waals surface area contributed by atoms with E-state index in [1.54, 1.807) is 7.11 Å². The van der Waals surface area contributed by atoms with E-state index in [0.717, 1.165) is 23.9 Å². The first-order valence-electron chi connectivity index (χ1n) is 6.30. The molecule has 1 aromatic carbocycles. The van der Waals surface area contributed by atoms with E-state index in [4.69, 9.17) is 10.5 Å². The Morgan fingerprint density at radius 1 is 1.44 bits per heavy atom. The molecule has 0 aromatic heterocycles. The molecule has 1 aliphatic carbocycles. The van der Waals surface area contributed by atoms with Gasteiger partial charge in [0.15, 0.2) is 0 Å². The summed E-state index contributed by atoms with van der Waals surface area (Å²) in [5, 5.41) is 0. The summed E-state index contributed by atoms with van der Waals surface area (Å²) >= 11 is 0. The van der Waals surface area contributed by atoms with Gasteiger partial charge in [-0.05, 0) is 38.1 Å². The first-order valence-corrected chi connectivity index (χ1v) is 6.30. The average molecular weight is 244 g/mol. The summed E-state index contributed by atoms with van der Waals surface area (Å²) in [6.07, 6.45) is 2.62. The van der Waals surface area contributed by atoms with Crippen molar-refractivity contribution >= 4 is 0 Å². The van der Waals surface area contributed by atoms with Gasteiger partial charge in [0.05, 0.1) is 13.7 Å². The smallest absolute Gasteiger partial charge is 0.123 e. The highest BCUT2D eigenvalue weighted by Crippen LogP contribution is 2.29. The average Bonchev–Trinajstić information content (AvgIpc) is 3.20. The molecule has 0 unspecified atom stereocenters. The monoisotopic (exact) mass is 244 g/mol. The van der Waals surface area contributed by atoms with Crippen LogP contribution in [-0.2, 0) is 6.54 Å². The molecule has 1 saturated carbocycles. The van der Waals surface area contributed by atoms with E-state index < -0.39 is 0 Å². The Bertz CT molecular complexity index is 469. The van der Waals surface area contributed by atoms with Crippen LogP contribution < -0.4 is 10.5 Å². The zero-order chi connectivity index (χ0) is 13.0. The van der Waals surface area contributed by atoms with Gasteiger partial charge in [-0.3, -0.25) is 4.90 Å². The number of methoxy groups -OCH3 is 1. The summed E-state index contributed by atoms with van der Waals surface area (Å²) in [7, 11) is 3.87. The highest BCUT2D eigenvalue weighted by molar-refractivity contribution is 5.44. The molecule has 0 amide bonds. The molecule has 96 valence electrons. The van der Waals surface area contributed by atoms with Gasteiger partial charge in [-0.1, -0.05) is 11.8 Å². The zero-order valence-corrected chi connectivity index (χ0v) is 11.1. The fourth-order valence-corrected chi connectivity index (χ4v) is 2.05. The quantitative estimate of drug-likeness (QED) is 0.818. The van der Waals surface area contributed by atoms with Crippen LogP contribution >= 0.6 is 0 Å². The number of rotatable bonds is 4. The molecule has 3 nitrogen and oxygen atoms in total. The van der Waals surface area contributed by atoms with Gasteiger partial charge in [0, 0.05) is 23.7 Å². The molecule has 2 N–H and O–H groups in total. The lowest BCUT2D eigenvalue weighted by molar-refractivity contribution is 0.308. The van der Waals surface area contributed by atoms with E-state index in [9.17, 15) is 0 Å². The van der Waals surface area contributed by atoms with Gasteiger partial charge in [-0.2, -0.15) is 0 Å². The third kappa shape index (κ3) is 3.25. The minimum atomic E-state index is 0.392. The summed E-state index contributed by atoms with van der Waals surface area (Å²) in [5.74, 6) is 6.88. The van der Waals surface area contributed by atoms with Crippen LogP contribution in [-0.4, -0.2) is 31.6 Å². The van der Waals surface area contributed by atoms with Crippen molar-refractivity contribution in [1.82, 2.24) is 4.90 Å². The number of hydrogen-bond acceptors (Lipinski definition) is 3. The Hall–Kier alpha value is -1.50. The predicted molar refractivity (Wildman–Crippen MR) is 73.4 cm³/mol. The molecule has 1 aromatic rings. The van der Waals surface area contributed by atoms with Crippen molar-refractivity contribution < 1.29 is 4.74 Å². The Kier molecular flexibility index (Phi) is 4.24. The van der Waals surface area contributed by atoms with Gasteiger partial charge < -0.3 is 10.5 Å². The second-order valence-corrected chi connectivity index (χ2v) is 4.68. The topological polar surface area (TPSA) is 38.5 Å². The van der Waals surface area contributed by atoms with Gasteiger partial charge >= 0.3 is 0 Å². The molecular formula is C15H20N2O. The van der Waals surface area contributed by atoms with Crippen LogP contribution in [0.25, 0.3) is 0 Å². The van der Waals surface area contributed by atoms with Crippen LogP contribution in [0.15, 0.2) is 18.2 Å². The number of hydrogen-bond donors (Lipinski definition) is 1. The molecule has 0 aliphatic heterocycles. The molecule has 0 bridgehead atoms. The second-order valence-electron chi connectivity index (χ2n) is 4.68. The third-order valence-corrected chi connectivity index (χ3v) is 3.21. The summed E-state index contributed by atoms with van der Waals surface area (Å²) < 4.78 is 5.41. The summed E-state index contributed by atoms with van der Waals surface area (Å²) in [5.41, 5.74) is 7.58. The van der Waals surface area contributed by atoms with Gasteiger partial charge in [-0.25, -0.2) is 0 Å². The van der Waals surface area contributed by atoms with Crippen molar-refractivity contribution in [2.24, 2.45) is 5.73 Å². The number of ether oxygens (including phenoxy) is 1. The van der Waals surface area contributed by atoms with Crippen LogP contribution in [0.1, 0.15) is 24.0 Å². The Morgan fingerprint density at radius 2 is 2.22 bits per heavy atom. The lowest BCUT2D eigenvalue weighted by atomic mass is 10.1. The first-order chi connectivity index (χ1) is 8.74. The Morgan fingerprint density at radius 3 is 2.83 bits per heavy atom. The largest absolute Gasteiger partial charge is 0.496 e. The molecule has 0 saturated heterocycles. The predicted octanol–water partition coefficient (Wildman–Crippen LogP) is 1.60. The molecular weight excluding hydrogens is 224 g/mol. The summed E-state index contributed by atoms with van der Waals surface area (Å²) in [4.78, 5) is 2.37. The van der Waals surface area contributed by atoms with Gasteiger partial charge in [0.25, 0.3) is 0 Å². The summed E-state index contributed by atoms with van der Waals surface area (Å²) in [6.45, 7) is 1.30. The summed E-state index contributed by atoms with van der Waals surface area (Å²) in [6, 6.07) is 6.80. The lowest BCUT2D eigenvalue weighted by Gasteiger charge is -2.17. The van der Waals surface area contributed by atoms with Crippen molar-refractivity contribution in [2.75, 3.05) is 20.7 Å². The molecule has 0 radical (unpaired) electrons. The zero-order valence-electron chi connectivity index (χ0n) is 11.1. The van der Waals surface area contributed by atoms with Crippen molar-refractivity contribution in [3.8, 4) is 17.6 Å². The van der Waals surface area contributed by atoms with Crippen LogP contribution in [0, 0.1) is 11.8 Å². The number of nitrogens with two attached hydrogens (primary N) is 1. The maximum Gasteiger partial charge on any atom is 0.123 e. The normalized spacial score (nSPS) is 14.2. The second kappa shape index (κ2) is 5.90. The lowest BCUT2D eigenvalue weighted by Crippen LogP contribution is -2.20. The van der Waals surface area contributed by atoms with E-state index in [0.29, 0.717) is 6.54 Å². The number of nitrogens with zero attached hydrogens (tertiary/aromatic N) is 1. The maximum absolute atomic E-state index is 5.41. The maximum atomic E-state index is 5.41. The minimum Gasteiger partial charge on any atom is -0.496 e. The van der Waals surface area contributed by atoms with Gasteiger partial charge in [-0.15, -0.1) is 0 Å². The van der Waals surface area contributed by atoms with Crippen LogP contribution in [0.2, 0.25) is 0 Å². The molecule has 3 heteroatoms. The standard InChI is InChI=1S/C15H20N2O/c1-17(14-6-7-14)11-13-10-12(4-3-9-16)5-8-15(13)18-2/h5,8,10,14H,6-7,9,11,16H2,1-2H3. The fraction of sp³-hybridized carbons (Fsp3) is 0.467. The van der Waals surface area contributed by atoms with Crippen LogP contribution in [0.5, 0.6) is 5.75 Å². The van der Waals surface area contributed by atoms with E-state index in [1.807, 2.05) is 12.1 Å². The molecule has 0 atom stereocenters. The van der Waals surface area contributed by atoms with E-state index in [1.165, 1.54) is 18.4 Å².